The third-order valence-corrected chi connectivity index (χ3v) is 7.53. The Morgan fingerprint density at radius 3 is 2.62 bits per heavy atom. The fourth-order valence-electron chi connectivity index (χ4n) is 6.09. The molecule has 6 atom stereocenters. The van der Waals surface area contributed by atoms with Gasteiger partial charge in [-0.3, -0.25) is 4.79 Å². The number of fused-ring (bicyclic) bond motifs is 2. The van der Waals surface area contributed by atoms with Crippen molar-refractivity contribution in [2.24, 2.45) is 29.4 Å². The second-order valence-electron chi connectivity index (χ2n) is 9.07. The first-order valence-electron chi connectivity index (χ1n) is 10.4. The summed E-state index contributed by atoms with van der Waals surface area (Å²) in [6.07, 6.45) is 10.2. The molecular weight excluding hydrogens is 298 g/mol. The predicted molar refractivity (Wildman–Crippen MR) is 96.5 cm³/mol. The minimum atomic E-state index is 0.136. The van der Waals surface area contributed by atoms with Crippen LogP contribution >= 0.6 is 0 Å². The van der Waals surface area contributed by atoms with E-state index in [0.29, 0.717) is 23.7 Å². The fourth-order valence-corrected chi connectivity index (χ4v) is 6.09. The molecule has 6 unspecified atom stereocenters. The van der Waals surface area contributed by atoms with Crippen molar-refractivity contribution >= 4 is 5.91 Å². The molecule has 2 heterocycles. The van der Waals surface area contributed by atoms with Crippen molar-refractivity contribution in [3.8, 4) is 0 Å². The summed E-state index contributed by atoms with van der Waals surface area (Å²) in [6.45, 7) is 6.75. The molecule has 2 saturated heterocycles. The van der Waals surface area contributed by atoms with Gasteiger partial charge < -0.3 is 15.5 Å². The molecule has 0 spiro atoms. The van der Waals surface area contributed by atoms with Crippen LogP contribution in [0.3, 0.4) is 0 Å². The van der Waals surface area contributed by atoms with Crippen molar-refractivity contribution in [3.05, 3.63) is 0 Å². The maximum Gasteiger partial charge on any atom is 0.227 e. The molecule has 4 rings (SSSR count). The summed E-state index contributed by atoms with van der Waals surface area (Å²) in [4.78, 5) is 18.0. The van der Waals surface area contributed by atoms with Gasteiger partial charge in [0.25, 0.3) is 0 Å². The van der Waals surface area contributed by atoms with Crippen LogP contribution in [0.2, 0.25) is 0 Å². The number of carbonyl (C=O) groups excluding carboxylic acids is 1. The van der Waals surface area contributed by atoms with Crippen molar-refractivity contribution in [3.63, 3.8) is 0 Å². The van der Waals surface area contributed by atoms with E-state index in [2.05, 4.69) is 16.7 Å². The first-order valence-corrected chi connectivity index (χ1v) is 10.4. The van der Waals surface area contributed by atoms with Gasteiger partial charge in [-0.15, -0.1) is 0 Å². The first kappa shape index (κ1) is 16.8. The number of nitrogens with zero attached hydrogens (tertiary/aromatic N) is 2. The minimum Gasteiger partial charge on any atom is -0.342 e. The van der Waals surface area contributed by atoms with Gasteiger partial charge in [-0.05, 0) is 76.2 Å². The quantitative estimate of drug-likeness (QED) is 0.863. The number of amides is 1. The van der Waals surface area contributed by atoms with E-state index in [0.717, 1.165) is 19.1 Å². The number of piperidine rings is 2. The van der Waals surface area contributed by atoms with Crippen LogP contribution in [0.25, 0.3) is 0 Å². The number of hydrogen-bond acceptors (Lipinski definition) is 3. The molecule has 0 aromatic heterocycles. The van der Waals surface area contributed by atoms with Gasteiger partial charge in [-0.25, -0.2) is 0 Å². The van der Waals surface area contributed by atoms with E-state index in [4.69, 9.17) is 5.73 Å². The molecule has 0 aromatic rings. The van der Waals surface area contributed by atoms with Crippen LogP contribution in [0, 0.1) is 23.7 Å². The summed E-state index contributed by atoms with van der Waals surface area (Å²) >= 11 is 0. The Bertz CT molecular complexity index is 466. The third kappa shape index (κ3) is 3.12. The molecule has 0 aromatic carbocycles. The molecule has 2 aliphatic heterocycles. The van der Waals surface area contributed by atoms with Gasteiger partial charge in [0.05, 0.1) is 5.92 Å². The van der Waals surface area contributed by atoms with E-state index in [-0.39, 0.29) is 12.0 Å². The lowest BCUT2D eigenvalue weighted by Gasteiger charge is -2.41. The molecule has 24 heavy (non-hydrogen) atoms. The number of carbonyl (C=O) groups is 1. The molecule has 136 valence electrons. The molecule has 2 bridgehead atoms. The Morgan fingerprint density at radius 2 is 1.88 bits per heavy atom. The van der Waals surface area contributed by atoms with E-state index in [1.54, 1.807) is 0 Å². The molecule has 1 amide bonds. The van der Waals surface area contributed by atoms with Crippen LogP contribution in [0.4, 0.5) is 0 Å². The second kappa shape index (κ2) is 6.95. The molecule has 2 saturated carbocycles. The largest absolute Gasteiger partial charge is 0.342 e. The van der Waals surface area contributed by atoms with Gasteiger partial charge >= 0.3 is 0 Å². The fraction of sp³-hybridized carbons (Fsp3) is 0.950. The van der Waals surface area contributed by atoms with E-state index in [1.165, 1.54) is 64.5 Å². The highest BCUT2D eigenvalue weighted by Gasteiger charge is 2.50. The van der Waals surface area contributed by atoms with Gasteiger partial charge in [0.2, 0.25) is 5.91 Å². The van der Waals surface area contributed by atoms with Crippen LogP contribution < -0.4 is 5.73 Å². The lowest BCUT2D eigenvalue weighted by atomic mass is 9.83. The number of likely N-dealkylation sites (tertiary alicyclic amines) is 2. The molecule has 4 heteroatoms. The summed E-state index contributed by atoms with van der Waals surface area (Å²) in [5.74, 6) is 2.40. The van der Waals surface area contributed by atoms with Crippen molar-refractivity contribution in [1.82, 2.24) is 9.80 Å². The monoisotopic (exact) mass is 333 g/mol. The summed E-state index contributed by atoms with van der Waals surface area (Å²) < 4.78 is 0. The second-order valence-corrected chi connectivity index (χ2v) is 9.07. The van der Waals surface area contributed by atoms with E-state index >= 15 is 0 Å². The van der Waals surface area contributed by atoms with Gasteiger partial charge in [0.1, 0.15) is 0 Å². The average Bonchev–Trinajstić information content (AvgIpc) is 3.18. The normalized spacial score (nSPS) is 43.3. The highest BCUT2D eigenvalue weighted by Crippen LogP contribution is 2.48. The number of hydrogen-bond donors (Lipinski definition) is 1. The van der Waals surface area contributed by atoms with Crippen LogP contribution in [-0.2, 0) is 4.79 Å². The summed E-state index contributed by atoms with van der Waals surface area (Å²) in [7, 11) is 0. The van der Waals surface area contributed by atoms with Crippen molar-refractivity contribution in [2.75, 3.05) is 26.2 Å². The molecule has 2 N–H and O–H groups in total. The highest BCUT2D eigenvalue weighted by molar-refractivity contribution is 5.80. The van der Waals surface area contributed by atoms with Gasteiger partial charge in [-0.1, -0.05) is 6.42 Å². The summed E-state index contributed by atoms with van der Waals surface area (Å²) in [5.41, 5.74) is 6.42. The number of rotatable bonds is 3. The van der Waals surface area contributed by atoms with E-state index in [9.17, 15) is 4.79 Å². The average molecular weight is 334 g/mol. The molecule has 4 fully saturated rings. The van der Waals surface area contributed by atoms with Crippen LogP contribution in [-0.4, -0.2) is 54.0 Å². The molecule has 2 aliphatic carbocycles. The van der Waals surface area contributed by atoms with Crippen LogP contribution in [0.5, 0.6) is 0 Å². The van der Waals surface area contributed by atoms with Gasteiger partial charge in [0, 0.05) is 31.7 Å². The molecular formula is C20H35N3O. The zero-order chi connectivity index (χ0) is 16.7. The van der Waals surface area contributed by atoms with Crippen molar-refractivity contribution in [2.45, 2.75) is 70.4 Å². The van der Waals surface area contributed by atoms with Gasteiger partial charge in [-0.2, -0.15) is 0 Å². The van der Waals surface area contributed by atoms with Crippen molar-refractivity contribution < 1.29 is 4.79 Å². The Balaban J connectivity index is 1.35. The zero-order valence-electron chi connectivity index (χ0n) is 15.3. The predicted octanol–water partition coefficient (Wildman–Crippen LogP) is 2.47. The molecule has 4 aliphatic rings. The molecule has 0 radical (unpaired) electrons. The molecule has 4 nitrogen and oxygen atoms in total. The van der Waals surface area contributed by atoms with Crippen LogP contribution in [0.15, 0.2) is 0 Å². The van der Waals surface area contributed by atoms with Crippen LogP contribution in [0.1, 0.15) is 58.3 Å². The van der Waals surface area contributed by atoms with E-state index in [1.807, 2.05) is 0 Å². The van der Waals surface area contributed by atoms with Gasteiger partial charge in [0.15, 0.2) is 0 Å². The third-order valence-electron chi connectivity index (χ3n) is 7.53. The lowest BCUT2D eigenvalue weighted by Crippen LogP contribution is -2.51. The Labute approximate surface area is 147 Å². The zero-order valence-corrected chi connectivity index (χ0v) is 15.3. The Morgan fingerprint density at radius 1 is 1.04 bits per heavy atom. The first-order chi connectivity index (χ1) is 11.6. The smallest absolute Gasteiger partial charge is 0.227 e. The Hall–Kier alpha value is -0.610. The maximum absolute atomic E-state index is 13.1. The SMILES string of the molecule is CC1CCCCN1CC1CCCN(C(=O)C2C3CCC(C3)C2N)C1. The maximum atomic E-state index is 13.1. The topological polar surface area (TPSA) is 49.6 Å². The summed E-state index contributed by atoms with van der Waals surface area (Å²) in [6, 6.07) is 0.863. The van der Waals surface area contributed by atoms with Crippen molar-refractivity contribution in [1.29, 1.82) is 0 Å². The standard InChI is InChI=1S/C20H35N3O/c1-14-5-2-3-9-22(14)12-15-6-4-10-23(13-15)20(24)18-16-7-8-17(11-16)19(18)21/h14-19H,2-13,21H2,1H3. The summed E-state index contributed by atoms with van der Waals surface area (Å²) in [5, 5.41) is 0. The Kier molecular flexibility index (Phi) is 4.88. The lowest BCUT2D eigenvalue weighted by molar-refractivity contribution is -0.139. The van der Waals surface area contributed by atoms with E-state index < -0.39 is 0 Å². The minimum absolute atomic E-state index is 0.136. The highest BCUT2D eigenvalue weighted by atomic mass is 16.2. The number of nitrogens with two attached hydrogens (primary N) is 1.